The van der Waals surface area contributed by atoms with E-state index in [0.717, 1.165) is 87.4 Å². The third-order valence-corrected chi connectivity index (χ3v) is 13.6. The van der Waals surface area contributed by atoms with Crippen molar-refractivity contribution in [3.05, 3.63) is 132 Å². The number of rotatable bonds is 5. The van der Waals surface area contributed by atoms with Crippen LogP contribution in [-0.2, 0) is 34.1 Å². The predicted molar refractivity (Wildman–Crippen MR) is 239 cm³/mol. The number of pyridine rings is 1. The molecule has 298 valence electrons. The molecule has 5 heteroatoms. The molecule has 4 aromatic carbocycles. The fourth-order valence-corrected chi connectivity index (χ4v) is 9.89. The van der Waals surface area contributed by atoms with Crippen LogP contribution in [0.2, 0.25) is 0 Å². The zero-order valence-corrected chi connectivity index (χ0v) is 36.3. The fraction of sp³-hybridized carbons (Fsp3) is 0.396. The average Bonchev–Trinajstić information content (AvgIpc) is 3.77. The number of hydrogen-bond acceptors (Lipinski definition) is 2. The van der Waals surface area contributed by atoms with Crippen molar-refractivity contribution in [2.24, 2.45) is 6.98 Å². The first-order chi connectivity index (χ1) is 28.5. The number of imidazole rings is 1. The molecule has 0 amide bonds. The average molecular weight is 772 g/mol. The van der Waals surface area contributed by atoms with Gasteiger partial charge in [0.1, 0.15) is 17.3 Å². The molecule has 0 atom stereocenters. The van der Waals surface area contributed by atoms with Crippen molar-refractivity contribution in [3.63, 3.8) is 0 Å². The molecule has 7 aromatic rings. The van der Waals surface area contributed by atoms with Gasteiger partial charge < -0.3 is 13.9 Å². The van der Waals surface area contributed by atoms with Gasteiger partial charge in [-0.05, 0) is 117 Å². The molecule has 9 rings (SSSR count). The molecule has 3 aromatic heterocycles. The van der Waals surface area contributed by atoms with Gasteiger partial charge in [-0.2, -0.15) is 0 Å². The molecule has 0 saturated carbocycles. The normalized spacial score (nSPS) is 18.9. The summed E-state index contributed by atoms with van der Waals surface area (Å²) < 4.78 is 39.0. The second-order valence-electron chi connectivity index (χ2n) is 20.7. The van der Waals surface area contributed by atoms with Gasteiger partial charge in [-0.3, -0.25) is 4.57 Å². The SMILES string of the molecule is [2H]C([2H])([2H])[n+]1[c-]n(-c2cc(Oc3ccc4c5cc(-c6ccccc6)ccc5n(-c5cc(C(C)(C)C)ccn5)c4c3)c3c(c2)C(C)(C)CCC3(C)C)c2c1C(C)(C)CCC2(C)C. The first-order valence-corrected chi connectivity index (χ1v) is 21.1. The number of aryl methyl sites for hydroxylation is 1. The van der Waals surface area contributed by atoms with Gasteiger partial charge >= 0.3 is 0 Å². The molecule has 0 unspecified atom stereocenters. The molecule has 3 heterocycles. The number of hydrogen-bond donors (Lipinski definition) is 0. The lowest BCUT2D eigenvalue weighted by molar-refractivity contribution is -0.686. The van der Waals surface area contributed by atoms with Crippen molar-refractivity contribution in [1.82, 2.24) is 14.1 Å². The Balaban J connectivity index is 1.28. The van der Waals surface area contributed by atoms with Gasteiger partial charge in [0.25, 0.3) is 0 Å². The van der Waals surface area contributed by atoms with Gasteiger partial charge in [-0.25, -0.2) is 4.98 Å². The van der Waals surface area contributed by atoms with Crippen LogP contribution in [0, 0.1) is 6.33 Å². The molecule has 0 fully saturated rings. The smallest absolute Gasteiger partial charge is 0.243 e. The summed E-state index contributed by atoms with van der Waals surface area (Å²) in [6.07, 6.45) is 9.19. The van der Waals surface area contributed by atoms with Crippen LogP contribution in [-0.4, -0.2) is 14.1 Å². The maximum Gasteiger partial charge on any atom is 0.243 e. The first-order valence-electron chi connectivity index (χ1n) is 22.6. The van der Waals surface area contributed by atoms with E-state index in [2.05, 4.69) is 178 Å². The maximum atomic E-state index is 8.66. The van der Waals surface area contributed by atoms with Crippen LogP contribution < -0.4 is 9.30 Å². The van der Waals surface area contributed by atoms with Gasteiger partial charge in [-0.1, -0.05) is 119 Å². The standard InChI is InChI=1S/C53H60N4O/c1-49(2,3)36-22-27-54-45(29-36)57-42-21-18-35(34-16-14-13-15-17-34)28-40(42)39-20-19-38(32-43(39)57)58-44-31-37(30-41-46(44)51(6,7)24-23-50(41,4)5)56-33-55(12)47-48(56)53(10,11)26-25-52(47,8)9/h13-22,27-32H,23-26H2,1-12H3/i12D3. The minimum Gasteiger partial charge on any atom is -0.458 e. The predicted octanol–water partition coefficient (Wildman–Crippen LogP) is 13.0. The zero-order chi connectivity index (χ0) is 43.7. The van der Waals surface area contributed by atoms with Gasteiger partial charge in [-0.15, -0.1) is 0 Å². The molecule has 0 N–H and O–H groups in total. The Labute approximate surface area is 349 Å². The van der Waals surface area contributed by atoms with Crippen LogP contribution in [0.3, 0.4) is 0 Å². The molecule has 2 aliphatic rings. The highest BCUT2D eigenvalue weighted by Crippen LogP contribution is 2.52. The molecule has 2 aliphatic carbocycles. The van der Waals surface area contributed by atoms with Crippen LogP contribution in [0.15, 0.2) is 97.2 Å². The summed E-state index contributed by atoms with van der Waals surface area (Å²) in [4.78, 5) is 4.98. The molecule has 0 bridgehead atoms. The highest BCUT2D eigenvalue weighted by molar-refractivity contribution is 6.10. The number of aromatic nitrogens is 4. The summed E-state index contributed by atoms with van der Waals surface area (Å²) in [5, 5.41) is 2.27. The Bertz CT molecular complexity index is 2870. The van der Waals surface area contributed by atoms with E-state index in [-0.39, 0.29) is 27.1 Å². The summed E-state index contributed by atoms with van der Waals surface area (Å²) in [6, 6.07) is 32.5. The molecule has 0 spiro atoms. The van der Waals surface area contributed by atoms with E-state index in [4.69, 9.17) is 13.8 Å². The van der Waals surface area contributed by atoms with Crippen molar-refractivity contribution >= 4 is 21.8 Å². The fourth-order valence-electron chi connectivity index (χ4n) is 9.89. The summed E-state index contributed by atoms with van der Waals surface area (Å²) in [5.74, 6) is 2.37. The van der Waals surface area contributed by atoms with Crippen LogP contribution in [0.1, 0.15) is 134 Å². The molecule has 58 heavy (non-hydrogen) atoms. The third-order valence-electron chi connectivity index (χ3n) is 13.6. The minimum atomic E-state index is -2.38. The second kappa shape index (κ2) is 12.9. The van der Waals surface area contributed by atoms with E-state index in [1.807, 2.05) is 10.8 Å². The van der Waals surface area contributed by atoms with E-state index in [1.54, 1.807) is 0 Å². The number of benzene rings is 4. The summed E-state index contributed by atoms with van der Waals surface area (Å²) >= 11 is 0. The zero-order valence-electron chi connectivity index (χ0n) is 39.3. The highest BCUT2D eigenvalue weighted by atomic mass is 16.5. The maximum absolute atomic E-state index is 8.66. The molecular weight excluding hydrogens is 709 g/mol. The lowest BCUT2D eigenvalue weighted by atomic mass is 9.62. The first kappa shape index (κ1) is 34.8. The van der Waals surface area contributed by atoms with Crippen molar-refractivity contribution in [2.45, 2.75) is 129 Å². The van der Waals surface area contributed by atoms with Gasteiger partial charge in [0.15, 0.2) is 0 Å². The topological polar surface area (TPSA) is 35.9 Å². The molecular formula is C53H60N4O. The number of ether oxygens (including phenoxy) is 1. The Morgan fingerprint density at radius 3 is 2.17 bits per heavy atom. The molecule has 0 radical (unpaired) electrons. The molecule has 5 nitrogen and oxygen atoms in total. The van der Waals surface area contributed by atoms with Gasteiger partial charge in [0.2, 0.25) is 6.33 Å². The minimum absolute atomic E-state index is 0.0555. The largest absolute Gasteiger partial charge is 0.458 e. The Kier molecular flexibility index (Phi) is 7.76. The Morgan fingerprint density at radius 2 is 1.43 bits per heavy atom. The second-order valence-corrected chi connectivity index (χ2v) is 20.7. The summed E-state index contributed by atoms with van der Waals surface area (Å²) in [5.41, 5.74) is 9.79. The van der Waals surface area contributed by atoms with E-state index in [9.17, 15) is 0 Å². The van der Waals surface area contributed by atoms with Crippen molar-refractivity contribution < 1.29 is 13.4 Å². The van der Waals surface area contributed by atoms with Crippen LogP contribution in [0.25, 0.3) is 44.4 Å². The quantitative estimate of drug-likeness (QED) is 0.129. The third kappa shape index (κ3) is 6.19. The van der Waals surface area contributed by atoms with E-state index in [1.165, 1.54) is 26.8 Å². The van der Waals surface area contributed by atoms with Crippen molar-refractivity contribution in [1.29, 1.82) is 0 Å². The summed E-state index contributed by atoms with van der Waals surface area (Å²) in [7, 11) is 0. The monoisotopic (exact) mass is 771 g/mol. The number of fused-ring (bicyclic) bond motifs is 5. The van der Waals surface area contributed by atoms with E-state index >= 15 is 0 Å². The van der Waals surface area contributed by atoms with Crippen molar-refractivity contribution in [2.75, 3.05) is 0 Å². The highest BCUT2D eigenvalue weighted by Gasteiger charge is 2.43. The Hall–Kier alpha value is -5.16. The molecule has 0 saturated heterocycles. The van der Waals surface area contributed by atoms with Gasteiger partial charge in [0.05, 0.1) is 27.8 Å². The number of nitrogens with zero attached hydrogens (tertiary/aromatic N) is 4. The van der Waals surface area contributed by atoms with E-state index in [0.29, 0.717) is 0 Å². The van der Waals surface area contributed by atoms with Crippen molar-refractivity contribution in [3.8, 4) is 34.1 Å². The van der Waals surface area contributed by atoms with Crippen LogP contribution >= 0.6 is 0 Å². The van der Waals surface area contributed by atoms with Crippen LogP contribution in [0.4, 0.5) is 0 Å². The lowest BCUT2D eigenvalue weighted by Crippen LogP contribution is -2.44. The Morgan fingerprint density at radius 1 is 0.707 bits per heavy atom. The van der Waals surface area contributed by atoms with Crippen LogP contribution in [0.5, 0.6) is 11.5 Å². The van der Waals surface area contributed by atoms with Gasteiger partial charge in [0, 0.05) is 40.0 Å². The lowest BCUT2D eigenvalue weighted by Gasteiger charge is -2.44. The molecule has 0 aliphatic heterocycles. The summed E-state index contributed by atoms with van der Waals surface area (Å²) in [6.45, 7) is 22.4. The van der Waals surface area contributed by atoms with E-state index < -0.39 is 6.98 Å².